The largest absolute Gasteiger partial charge is 0.277 e. The monoisotopic (exact) mass is 751 g/mol. The minimum Gasteiger partial charge on any atom is -0.277 e. The van der Waals surface area contributed by atoms with Gasteiger partial charge in [-0.3, -0.25) is 4.57 Å². The molecule has 0 fully saturated rings. The summed E-state index contributed by atoms with van der Waals surface area (Å²) in [6, 6.07) is 54.8. The molecule has 0 amide bonds. The Morgan fingerprint density at radius 1 is 0.554 bits per heavy atom. The van der Waals surface area contributed by atoms with Crippen LogP contribution in [0, 0.1) is 0 Å². The molecule has 0 bridgehead atoms. The van der Waals surface area contributed by atoms with Gasteiger partial charge in [0.2, 0.25) is 5.95 Å². The van der Waals surface area contributed by atoms with Crippen LogP contribution in [-0.2, 0) is 0 Å². The number of fused-ring (bicyclic) bond motifs is 13. The van der Waals surface area contributed by atoms with Crippen LogP contribution < -0.4 is 0 Å². The van der Waals surface area contributed by atoms with E-state index in [9.17, 15) is 0 Å². The van der Waals surface area contributed by atoms with E-state index in [-0.39, 0.29) is 0 Å². The first-order valence-corrected chi connectivity index (χ1v) is 20.9. The topological polar surface area (TPSA) is 30.7 Å². The van der Waals surface area contributed by atoms with Crippen LogP contribution in [0.3, 0.4) is 0 Å². The van der Waals surface area contributed by atoms with Crippen LogP contribution in [0.25, 0.3) is 108 Å². The van der Waals surface area contributed by atoms with Crippen molar-refractivity contribution in [3.05, 3.63) is 169 Å². The summed E-state index contributed by atoms with van der Waals surface area (Å²) >= 11 is 3.68. The zero-order valence-corrected chi connectivity index (χ0v) is 32.2. The molecule has 11 aromatic rings. The van der Waals surface area contributed by atoms with Crippen LogP contribution in [0.5, 0.6) is 0 Å². The Labute approximate surface area is 331 Å². The van der Waals surface area contributed by atoms with E-state index in [1.807, 2.05) is 11.3 Å². The number of hydrogen-bond donors (Lipinski definition) is 0. The third-order valence-electron chi connectivity index (χ3n) is 11.6. The molecule has 3 nitrogen and oxygen atoms in total. The van der Waals surface area contributed by atoms with E-state index in [1.165, 1.54) is 68.8 Å². The van der Waals surface area contributed by atoms with Crippen molar-refractivity contribution in [1.82, 2.24) is 14.5 Å². The van der Waals surface area contributed by atoms with Crippen molar-refractivity contribution in [3.63, 3.8) is 0 Å². The van der Waals surface area contributed by atoms with Crippen LogP contribution in [0.1, 0.15) is 30.4 Å². The van der Waals surface area contributed by atoms with Crippen LogP contribution in [0.15, 0.2) is 158 Å². The van der Waals surface area contributed by atoms with Gasteiger partial charge in [0.15, 0.2) is 0 Å². The molecule has 1 atom stereocenters. The average Bonchev–Trinajstić information content (AvgIpc) is 3.94. The van der Waals surface area contributed by atoms with E-state index in [1.54, 1.807) is 11.3 Å². The molecule has 0 spiro atoms. The van der Waals surface area contributed by atoms with Gasteiger partial charge in [-0.1, -0.05) is 134 Å². The van der Waals surface area contributed by atoms with Crippen LogP contribution in [0.4, 0.5) is 0 Å². The van der Waals surface area contributed by atoms with Crippen molar-refractivity contribution in [1.29, 1.82) is 0 Å². The fraction of sp³-hybridized carbons (Fsp3) is 0.0588. The van der Waals surface area contributed by atoms with Gasteiger partial charge in [-0.05, 0) is 82.1 Å². The molecule has 4 heterocycles. The van der Waals surface area contributed by atoms with E-state index >= 15 is 0 Å². The Balaban J connectivity index is 1.25. The highest BCUT2D eigenvalue weighted by atomic mass is 32.1. The summed E-state index contributed by atoms with van der Waals surface area (Å²) in [5, 5.41) is 7.39. The molecule has 1 aliphatic carbocycles. The van der Waals surface area contributed by atoms with E-state index in [4.69, 9.17) is 9.97 Å². The SMILES string of the molecule is CC1CC=Cc2c1c1sc3ccccc3c1c1c2c2ccccc2n1-c1nc(-c2cc(-c3ccccc3)cc(-c3ccccc3)c2)c2c(n1)sc1ccccc12. The van der Waals surface area contributed by atoms with Gasteiger partial charge >= 0.3 is 0 Å². The molecule has 7 aromatic carbocycles. The number of hydrogen-bond acceptors (Lipinski definition) is 4. The summed E-state index contributed by atoms with van der Waals surface area (Å²) in [6.45, 7) is 2.38. The van der Waals surface area contributed by atoms with Gasteiger partial charge in [-0.25, -0.2) is 9.97 Å². The molecule has 4 aromatic heterocycles. The second-order valence-electron chi connectivity index (χ2n) is 14.9. The van der Waals surface area contributed by atoms with Gasteiger partial charge in [0, 0.05) is 52.0 Å². The first-order valence-electron chi connectivity index (χ1n) is 19.2. The lowest BCUT2D eigenvalue weighted by molar-refractivity contribution is 0.782. The molecule has 0 saturated heterocycles. The summed E-state index contributed by atoms with van der Waals surface area (Å²) in [5.41, 5.74) is 11.8. The first-order chi connectivity index (χ1) is 27.7. The number of allylic oxidation sites excluding steroid dienone is 1. The number of rotatable bonds is 4. The third-order valence-corrected chi connectivity index (χ3v) is 13.9. The molecule has 0 aliphatic heterocycles. The predicted molar refractivity (Wildman–Crippen MR) is 241 cm³/mol. The Bertz CT molecular complexity index is 3350. The summed E-state index contributed by atoms with van der Waals surface area (Å²) in [5.74, 6) is 1.12. The molecule has 56 heavy (non-hydrogen) atoms. The number of para-hydroxylation sites is 1. The molecule has 0 saturated carbocycles. The summed E-state index contributed by atoms with van der Waals surface area (Å²) < 4.78 is 6.27. The molecule has 5 heteroatoms. The van der Waals surface area contributed by atoms with Gasteiger partial charge in [0.1, 0.15) is 4.83 Å². The summed E-state index contributed by atoms with van der Waals surface area (Å²) in [4.78, 5) is 12.3. The lowest BCUT2D eigenvalue weighted by Gasteiger charge is -2.21. The van der Waals surface area contributed by atoms with Gasteiger partial charge in [0.25, 0.3) is 0 Å². The quantitative estimate of drug-likeness (QED) is 0.179. The minimum atomic E-state index is 0.422. The smallest absolute Gasteiger partial charge is 0.236 e. The fourth-order valence-electron chi connectivity index (χ4n) is 9.13. The second kappa shape index (κ2) is 12.3. The minimum absolute atomic E-state index is 0.422. The Hall–Kier alpha value is -6.40. The van der Waals surface area contributed by atoms with E-state index in [0.29, 0.717) is 11.9 Å². The zero-order chi connectivity index (χ0) is 36.9. The van der Waals surface area contributed by atoms with Crippen LogP contribution >= 0.6 is 22.7 Å². The molecular formula is C51H33N3S2. The van der Waals surface area contributed by atoms with Gasteiger partial charge in [-0.15, -0.1) is 22.7 Å². The van der Waals surface area contributed by atoms with Gasteiger partial charge in [-0.2, -0.15) is 0 Å². The second-order valence-corrected chi connectivity index (χ2v) is 17.0. The summed E-state index contributed by atoms with van der Waals surface area (Å²) in [6.07, 6.45) is 5.78. The summed E-state index contributed by atoms with van der Waals surface area (Å²) in [7, 11) is 0. The van der Waals surface area contributed by atoms with E-state index in [0.717, 1.165) is 44.5 Å². The highest BCUT2D eigenvalue weighted by Gasteiger charge is 2.29. The maximum Gasteiger partial charge on any atom is 0.236 e. The normalized spacial score (nSPS) is 14.2. The van der Waals surface area contributed by atoms with Gasteiger partial charge < -0.3 is 0 Å². The Morgan fingerprint density at radius 2 is 1.14 bits per heavy atom. The predicted octanol–water partition coefficient (Wildman–Crippen LogP) is 14.8. The van der Waals surface area contributed by atoms with Crippen molar-refractivity contribution in [2.45, 2.75) is 19.3 Å². The van der Waals surface area contributed by atoms with E-state index < -0.39 is 0 Å². The Morgan fingerprint density at radius 3 is 1.86 bits per heavy atom. The highest BCUT2D eigenvalue weighted by Crippen LogP contribution is 2.51. The van der Waals surface area contributed by atoms with Crippen molar-refractivity contribution in [2.75, 3.05) is 0 Å². The lowest BCUT2D eigenvalue weighted by Crippen LogP contribution is -2.05. The standard InChI is InChI=1S/C51H33N3S2/c1-30-15-14-23-39-43(30)49-46(38-22-10-12-25-41(38)55-49)48-44(39)36-20-8-11-24-40(36)54(48)51-52-47(45-37-21-9-13-26-42(37)56-50(45)53-51)35-28-33(31-16-4-2-5-17-31)27-34(29-35)32-18-6-3-7-19-32/h2-14,16-30H,15H2,1H3. The van der Waals surface area contributed by atoms with Crippen LogP contribution in [0.2, 0.25) is 0 Å². The number of aromatic nitrogens is 3. The van der Waals surface area contributed by atoms with Gasteiger partial charge in [0.05, 0.1) is 16.7 Å². The number of thiophene rings is 2. The molecule has 0 N–H and O–H groups in total. The van der Waals surface area contributed by atoms with Crippen molar-refractivity contribution >= 4 is 91.0 Å². The fourth-order valence-corrected chi connectivity index (χ4v) is 11.6. The number of benzene rings is 7. The lowest BCUT2D eigenvalue weighted by atomic mass is 9.84. The molecule has 1 aliphatic rings. The van der Waals surface area contributed by atoms with Crippen LogP contribution in [-0.4, -0.2) is 14.5 Å². The zero-order valence-electron chi connectivity index (χ0n) is 30.5. The average molecular weight is 752 g/mol. The van der Waals surface area contributed by atoms with Crippen molar-refractivity contribution in [2.24, 2.45) is 0 Å². The molecule has 12 rings (SSSR count). The highest BCUT2D eigenvalue weighted by molar-refractivity contribution is 7.26. The number of nitrogens with zero attached hydrogens (tertiary/aromatic N) is 3. The molecule has 1 unspecified atom stereocenters. The molecular weight excluding hydrogens is 719 g/mol. The van der Waals surface area contributed by atoms with Crippen molar-refractivity contribution < 1.29 is 0 Å². The Kier molecular flexibility index (Phi) is 7.01. The molecule has 0 radical (unpaired) electrons. The molecule has 264 valence electrons. The maximum atomic E-state index is 5.75. The third kappa shape index (κ3) is 4.68. The maximum absolute atomic E-state index is 5.75. The first kappa shape index (κ1) is 31.9. The van der Waals surface area contributed by atoms with E-state index in [2.05, 4.69) is 175 Å². The van der Waals surface area contributed by atoms with Crippen molar-refractivity contribution in [3.8, 4) is 39.5 Å².